The minimum absolute atomic E-state index is 0.213. The summed E-state index contributed by atoms with van der Waals surface area (Å²) in [6.45, 7) is 9.80. The summed E-state index contributed by atoms with van der Waals surface area (Å²) < 4.78 is 2.00. The highest BCUT2D eigenvalue weighted by atomic mass is 16.3. The van der Waals surface area contributed by atoms with Crippen molar-refractivity contribution in [1.29, 1.82) is 0 Å². The third-order valence-corrected chi connectivity index (χ3v) is 5.59. The topological polar surface area (TPSA) is 77.5 Å². The van der Waals surface area contributed by atoms with Crippen molar-refractivity contribution in [1.82, 2.24) is 19.6 Å². The Morgan fingerprint density at radius 1 is 1.13 bits per heavy atom. The number of fused-ring (bicyclic) bond motifs is 1. The fourth-order valence-corrected chi connectivity index (χ4v) is 3.76. The number of amidine groups is 1. The van der Waals surface area contributed by atoms with Crippen LogP contribution in [0.1, 0.15) is 31.5 Å². The number of hydrogen-bond acceptors (Lipinski definition) is 5. The highest BCUT2D eigenvalue weighted by Crippen LogP contribution is 2.28. The summed E-state index contributed by atoms with van der Waals surface area (Å²) in [5.74, 6) is 1.12. The van der Waals surface area contributed by atoms with Crippen LogP contribution in [0.2, 0.25) is 0 Å². The van der Waals surface area contributed by atoms with Crippen molar-refractivity contribution in [2.75, 3.05) is 26.2 Å². The third-order valence-electron chi connectivity index (χ3n) is 5.59. The molecule has 2 aromatic heterocycles. The van der Waals surface area contributed by atoms with Gasteiger partial charge in [0.15, 0.2) is 0 Å². The summed E-state index contributed by atoms with van der Waals surface area (Å²) in [4.78, 5) is 6.57. The second-order valence-electron chi connectivity index (χ2n) is 7.56. The summed E-state index contributed by atoms with van der Waals surface area (Å²) in [6, 6.07) is 9.83. The van der Waals surface area contributed by atoms with Crippen LogP contribution >= 0.6 is 0 Å². The average Bonchev–Trinajstić information content (AvgIpc) is 3.15. The van der Waals surface area contributed by atoms with Crippen LogP contribution in [-0.4, -0.2) is 57.1 Å². The molecular weight excluding hydrogens is 376 g/mol. The molecule has 3 heterocycles. The van der Waals surface area contributed by atoms with Crippen LogP contribution in [0.15, 0.2) is 53.1 Å². The molecule has 3 aromatic rings. The Morgan fingerprint density at radius 3 is 2.63 bits per heavy atom. The van der Waals surface area contributed by atoms with E-state index in [1.807, 2.05) is 49.8 Å². The number of aromatic nitrogens is 2. The van der Waals surface area contributed by atoms with Crippen LogP contribution < -0.4 is 5.32 Å². The molecule has 0 radical (unpaired) electrons. The van der Waals surface area contributed by atoms with E-state index in [1.54, 1.807) is 6.07 Å². The van der Waals surface area contributed by atoms with Gasteiger partial charge < -0.3 is 19.7 Å². The van der Waals surface area contributed by atoms with Gasteiger partial charge in [-0.2, -0.15) is 5.10 Å². The van der Waals surface area contributed by atoms with E-state index in [-0.39, 0.29) is 5.75 Å². The van der Waals surface area contributed by atoms with Gasteiger partial charge in [0.05, 0.1) is 23.2 Å². The Kier molecular flexibility index (Phi) is 5.81. The number of imidazole rings is 1. The lowest BCUT2D eigenvalue weighted by Gasteiger charge is -2.28. The maximum absolute atomic E-state index is 10.7. The summed E-state index contributed by atoms with van der Waals surface area (Å²) in [5.41, 5.74) is 5.54. The average molecular weight is 405 g/mol. The van der Waals surface area contributed by atoms with Crippen LogP contribution in [0.3, 0.4) is 0 Å². The second-order valence-corrected chi connectivity index (χ2v) is 7.56. The molecule has 1 saturated heterocycles. The number of aryl methyl sites for hydroxylation is 1. The molecular formula is C23H28N6O. The zero-order valence-electron chi connectivity index (χ0n) is 17.8. The van der Waals surface area contributed by atoms with Crippen molar-refractivity contribution in [2.45, 2.75) is 27.2 Å². The van der Waals surface area contributed by atoms with E-state index >= 15 is 0 Å². The molecule has 156 valence electrons. The van der Waals surface area contributed by atoms with Gasteiger partial charge in [-0.15, -0.1) is 5.10 Å². The normalized spacial score (nSPS) is 15.8. The largest absolute Gasteiger partial charge is 0.507 e. The molecule has 1 fully saturated rings. The summed E-state index contributed by atoms with van der Waals surface area (Å²) >= 11 is 0. The molecule has 0 aliphatic carbocycles. The van der Waals surface area contributed by atoms with Crippen LogP contribution in [0.5, 0.6) is 5.75 Å². The Hall–Kier alpha value is -3.19. The summed E-state index contributed by atoms with van der Waals surface area (Å²) in [7, 11) is 0. The number of nitrogens with one attached hydrogen (secondary N) is 1. The summed E-state index contributed by atoms with van der Waals surface area (Å²) in [6.07, 6.45) is 4.52. The van der Waals surface area contributed by atoms with Crippen molar-refractivity contribution >= 4 is 17.1 Å². The van der Waals surface area contributed by atoms with Crippen molar-refractivity contribution in [3.8, 4) is 16.9 Å². The van der Waals surface area contributed by atoms with E-state index in [4.69, 9.17) is 0 Å². The first-order chi connectivity index (χ1) is 14.6. The minimum atomic E-state index is 0.213. The van der Waals surface area contributed by atoms with Crippen molar-refractivity contribution < 1.29 is 5.11 Å². The van der Waals surface area contributed by atoms with E-state index < -0.39 is 0 Å². The lowest BCUT2D eigenvalue weighted by molar-refractivity contribution is 0.355. The van der Waals surface area contributed by atoms with Gasteiger partial charge >= 0.3 is 0 Å². The molecule has 7 heteroatoms. The van der Waals surface area contributed by atoms with Gasteiger partial charge in [0.1, 0.15) is 11.6 Å². The molecule has 2 N–H and O–H groups in total. The predicted molar refractivity (Wildman–Crippen MR) is 121 cm³/mol. The van der Waals surface area contributed by atoms with Gasteiger partial charge in [-0.3, -0.25) is 0 Å². The first kappa shape index (κ1) is 20.1. The van der Waals surface area contributed by atoms with Crippen molar-refractivity contribution in [3.05, 3.63) is 54.1 Å². The standard InChI is InChI=1S/C23H28N6O/c1-4-21(27-26-17(3)28-11-9-24-10-12-28)20-7-5-18(13-23(20)30)19-6-8-22-16(2)25-15-29(22)14-19/h5-8,13-15,24,30H,4,9-12H2,1-3H3/b26-17+,27-21+. The van der Waals surface area contributed by atoms with Crippen LogP contribution in [0.4, 0.5) is 0 Å². The number of pyridine rings is 1. The predicted octanol–water partition coefficient (Wildman–Crippen LogP) is 3.45. The Morgan fingerprint density at radius 2 is 1.90 bits per heavy atom. The van der Waals surface area contributed by atoms with E-state index in [9.17, 15) is 5.11 Å². The Bertz CT molecular complexity index is 1110. The molecule has 1 aromatic carbocycles. The smallest absolute Gasteiger partial charge is 0.125 e. The number of rotatable bonds is 4. The second kappa shape index (κ2) is 8.67. The number of aromatic hydroxyl groups is 1. The monoisotopic (exact) mass is 404 g/mol. The molecule has 0 bridgehead atoms. The lowest BCUT2D eigenvalue weighted by atomic mass is 10.0. The minimum Gasteiger partial charge on any atom is -0.507 e. The number of benzene rings is 1. The van der Waals surface area contributed by atoms with E-state index in [2.05, 4.69) is 37.5 Å². The third kappa shape index (κ3) is 4.07. The fraction of sp³-hybridized carbons (Fsp3) is 0.348. The van der Waals surface area contributed by atoms with Gasteiger partial charge in [-0.05, 0) is 49.6 Å². The Labute approximate surface area is 176 Å². The number of piperazine rings is 1. The van der Waals surface area contributed by atoms with Gasteiger partial charge in [-0.25, -0.2) is 4.98 Å². The van der Waals surface area contributed by atoms with E-state index in [0.717, 1.165) is 65.6 Å². The van der Waals surface area contributed by atoms with E-state index in [1.165, 1.54) is 0 Å². The zero-order chi connectivity index (χ0) is 21.1. The molecule has 0 amide bonds. The fourth-order valence-electron chi connectivity index (χ4n) is 3.76. The quantitative estimate of drug-likeness (QED) is 0.397. The highest BCUT2D eigenvalue weighted by molar-refractivity contribution is 6.03. The number of hydrogen-bond donors (Lipinski definition) is 2. The highest BCUT2D eigenvalue weighted by Gasteiger charge is 2.13. The van der Waals surface area contributed by atoms with Gasteiger partial charge in [0, 0.05) is 37.9 Å². The maximum Gasteiger partial charge on any atom is 0.125 e. The van der Waals surface area contributed by atoms with Gasteiger partial charge in [0.2, 0.25) is 0 Å². The number of phenols is 1. The molecule has 7 nitrogen and oxygen atoms in total. The zero-order valence-corrected chi connectivity index (χ0v) is 17.8. The molecule has 1 aliphatic rings. The number of phenolic OH excluding ortho intramolecular Hbond substituents is 1. The van der Waals surface area contributed by atoms with E-state index in [0.29, 0.717) is 6.42 Å². The van der Waals surface area contributed by atoms with Crippen LogP contribution in [0, 0.1) is 6.92 Å². The lowest BCUT2D eigenvalue weighted by Crippen LogP contribution is -2.45. The number of nitrogens with zero attached hydrogens (tertiary/aromatic N) is 5. The van der Waals surface area contributed by atoms with Crippen LogP contribution in [-0.2, 0) is 0 Å². The summed E-state index contributed by atoms with van der Waals surface area (Å²) in [5, 5.41) is 23.0. The maximum atomic E-state index is 10.7. The molecule has 0 atom stereocenters. The molecule has 0 saturated carbocycles. The first-order valence-electron chi connectivity index (χ1n) is 10.4. The first-order valence-corrected chi connectivity index (χ1v) is 10.4. The van der Waals surface area contributed by atoms with Gasteiger partial charge in [-0.1, -0.05) is 19.1 Å². The molecule has 0 spiro atoms. The van der Waals surface area contributed by atoms with Crippen LogP contribution in [0.25, 0.3) is 16.6 Å². The molecule has 30 heavy (non-hydrogen) atoms. The molecule has 0 unspecified atom stereocenters. The molecule has 4 rings (SSSR count). The SMILES string of the molecule is CC/C(=N\N=C(/C)N1CCNCC1)c1ccc(-c2ccc3c(C)ncn3c2)cc1O. The van der Waals surface area contributed by atoms with Gasteiger partial charge in [0.25, 0.3) is 0 Å². The van der Waals surface area contributed by atoms with Crippen molar-refractivity contribution in [2.24, 2.45) is 10.2 Å². The molecule has 1 aliphatic heterocycles. The Balaban J connectivity index is 1.60. The van der Waals surface area contributed by atoms with Crippen molar-refractivity contribution in [3.63, 3.8) is 0 Å².